The van der Waals surface area contributed by atoms with E-state index in [4.69, 9.17) is 16.6 Å². The van der Waals surface area contributed by atoms with Gasteiger partial charge in [-0.2, -0.15) is 0 Å². The molecule has 1 N–H and O–H groups in total. The lowest BCUT2D eigenvalue weighted by Gasteiger charge is -2.35. The van der Waals surface area contributed by atoms with Gasteiger partial charge in [-0.1, -0.05) is 29.8 Å². The Balaban J connectivity index is 1.20. The molecule has 1 fully saturated rings. The summed E-state index contributed by atoms with van der Waals surface area (Å²) in [5.74, 6) is 1.45. The van der Waals surface area contributed by atoms with Crippen molar-refractivity contribution in [1.82, 2.24) is 25.3 Å². The topological polar surface area (TPSA) is 87.1 Å². The number of hydrogen-bond donors (Lipinski definition) is 1. The molecule has 0 unspecified atom stereocenters. The molecule has 4 heterocycles. The van der Waals surface area contributed by atoms with E-state index in [1.54, 1.807) is 18.5 Å². The second-order valence-electron chi connectivity index (χ2n) is 8.02. The van der Waals surface area contributed by atoms with Crippen molar-refractivity contribution in [2.75, 3.05) is 42.5 Å². The zero-order valence-electron chi connectivity index (χ0n) is 18.6. The number of halogens is 1. The fourth-order valence-electron chi connectivity index (χ4n) is 3.99. The fraction of sp³-hybridized carbons (Fsp3) is 0.240. The van der Waals surface area contributed by atoms with Gasteiger partial charge in [-0.3, -0.25) is 4.79 Å². The molecule has 34 heavy (non-hydrogen) atoms. The predicted molar refractivity (Wildman–Crippen MR) is 133 cm³/mol. The number of hydrogen-bond acceptors (Lipinski definition) is 7. The Morgan fingerprint density at radius 2 is 1.56 bits per heavy atom. The van der Waals surface area contributed by atoms with Gasteiger partial charge in [0.2, 0.25) is 5.95 Å². The summed E-state index contributed by atoms with van der Waals surface area (Å²) in [6.07, 6.45) is 4.19. The molecule has 8 nitrogen and oxygen atoms in total. The average Bonchev–Trinajstić information content (AvgIpc) is 2.90. The van der Waals surface area contributed by atoms with E-state index in [1.165, 1.54) is 0 Å². The van der Waals surface area contributed by atoms with Crippen LogP contribution < -0.4 is 15.1 Å². The number of anilines is 2. The molecule has 0 atom stereocenters. The number of fused-ring (bicyclic) bond motifs is 1. The molecule has 0 radical (unpaired) electrons. The van der Waals surface area contributed by atoms with Crippen LogP contribution in [0.4, 0.5) is 11.8 Å². The molecule has 5 rings (SSSR count). The second-order valence-corrected chi connectivity index (χ2v) is 8.43. The Bertz CT molecular complexity index is 1290. The van der Waals surface area contributed by atoms with Crippen molar-refractivity contribution >= 4 is 40.3 Å². The van der Waals surface area contributed by atoms with Crippen LogP contribution in [0.25, 0.3) is 11.0 Å². The number of aromatic nitrogens is 4. The Morgan fingerprint density at radius 1 is 0.853 bits per heavy atom. The van der Waals surface area contributed by atoms with E-state index in [0.29, 0.717) is 29.2 Å². The van der Waals surface area contributed by atoms with Gasteiger partial charge >= 0.3 is 0 Å². The standard InChI is InChI=1S/C25H24ClN7O/c26-19-5-2-1-4-18(19)10-13-27-24(34)22-7-6-21-20(30-22)8-9-23(31-21)32-14-16-33(17-15-32)25-28-11-3-12-29-25/h1-9,11-12H,10,13-17H2,(H,27,34). The molecule has 1 aliphatic rings. The molecule has 1 amide bonds. The van der Waals surface area contributed by atoms with Gasteiger partial charge in [0.05, 0.1) is 11.0 Å². The van der Waals surface area contributed by atoms with Crippen molar-refractivity contribution in [2.24, 2.45) is 0 Å². The quantitative estimate of drug-likeness (QED) is 0.459. The maximum atomic E-state index is 12.6. The lowest BCUT2D eigenvalue weighted by atomic mass is 10.1. The molecule has 0 aliphatic carbocycles. The smallest absolute Gasteiger partial charge is 0.269 e. The van der Waals surface area contributed by atoms with Crippen LogP contribution >= 0.6 is 11.6 Å². The van der Waals surface area contributed by atoms with Crippen LogP contribution in [0.2, 0.25) is 5.02 Å². The summed E-state index contributed by atoms with van der Waals surface area (Å²) in [6, 6.07) is 16.9. The minimum Gasteiger partial charge on any atom is -0.353 e. The number of carbonyl (C=O) groups is 1. The number of rotatable bonds is 6. The third-order valence-corrected chi connectivity index (χ3v) is 6.21. The lowest BCUT2D eigenvalue weighted by Crippen LogP contribution is -2.47. The van der Waals surface area contributed by atoms with E-state index in [9.17, 15) is 4.79 Å². The summed E-state index contributed by atoms with van der Waals surface area (Å²) in [6.45, 7) is 3.80. The van der Waals surface area contributed by atoms with Gasteiger partial charge < -0.3 is 15.1 Å². The number of benzene rings is 1. The molecule has 3 aromatic heterocycles. The summed E-state index contributed by atoms with van der Waals surface area (Å²) in [4.78, 5) is 35.0. The number of piperazine rings is 1. The van der Waals surface area contributed by atoms with Crippen molar-refractivity contribution in [3.05, 3.63) is 83.3 Å². The highest BCUT2D eigenvalue weighted by molar-refractivity contribution is 6.31. The molecule has 4 aromatic rings. The minimum atomic E-state index is -0.211. The maximum Gasteiger partial charge on any atom is 0.269 e. The van der Waals surface area contributed by atoms with Crippen molar-refractivity contribution in [1.29, 1.82) is 0 Å². The Labute approximate surface area is 202 Å². The van der Waals surface area contributed by atoms with Gasteiger partial charge in [-0.05, 0) is 48.4 Å². The third-order valence-electron chi connectivity index (χ3n) is 5.84. The third kappa shape index (κ3) is 4.92. The Hall–Kier alpha value is -3.78. The first-order valence-corrected chi connectivity index (χ1v) is 11.6. The highest BCUT2D eigenvalue weighted by Crippen LogP contribution is 2.20. The fourth-order valence-corrected chi connectivity index (χ4v) is 4.22. The van der Waals surface area contributed by atoms with Gasteiger partial charge in [-0.25, -0.2) is 19.9 Å². The van der Waals surface area contributed by atoms with Crippen molar-refractivity contribution < 1.29 is 4.79 Å². The molecule has 1 aromatic carbocycles. The van der Waals surface area contributed by atoms with E-state index < -0.39 is 0 Å². The molecular weight excluding hydrogens is 450 g/mol. The monoisotopic (exact) mass is 473 g/mol. The van der Waals surface area contributed by atoms with Gasteiger partial charge in [0.15, 0.2) is 0 Å². The Kier molecular flexibility index (Phi) is 6.49. The average molecular weight is 474 g/mol. The van der Waals surface area contributed by atoms with Crippen LogP contribution in [0.1, 0.15) is 16.1 Å². The summed E-state index contributed by atoms with van der Waals surface area (Å²) < 4.78 is 0. The van der Waals surface area contributed by atoms with E-state index in [2.05, 4.69) is 30.1 Å². The van der Waals surface area contributed by atoms with Crippen LogP contribution in [0, 0.1) is 0 Å². The van der Waals surface area contributed by atoms with Crippen molar-refractivity contribution in [2.45, 2.75) is 6.42 Å². The van der Waals surface area contributed by atoms with Gasteiger partial charge in [0, 0.05) is 50.1 Å². The van der Waals surface area contributed by atoms with Crippen LogP contribution in [0.15, 0.2) is 67.0 Å². The second kappa shape index (κ2) is 10.0. The van der Waals surface area contributed by atoms with Gasteiger partial charge in [0.25, 0.3) is 5.91 Å². The molecule has 1 saturated heterocycles. The summed E-state index contributed by atoms with van der Waals surface area (Å²) in [5, 5.41) is 3.62. The molecule has 0 bridgehead atoms. The number of pyridine rings is 2. The van der Waals surface area contributed by atoms with Crippen LogP contribution in [0.3, 0.4) is 0 Å². The van der Waals surface area contributed by atoms with Crippen LogP contribution in [-0.2, 0) is 6.42 Å². The Morgan fingerprint density at radius 3 is 2.35 bits per heavy atom. The largest absolute Gasteiger partial charge is 0.353 e. The minimum absolute atomic E-state index is 0.211. The number of carbonyl (C=O) groups excluding carboxylic acids is 1. The molecule has 1 aliphatic heterocycles. The lowest BCUT2D eigenvalue weighted by molar-refractivity contribution is 0.0949. The van der Waals surface area contributed by atoms with Crippen molar-refractivity contribution in [3.8, 4) is 0 Å². The van der Waals surface area contributed by atoms with E-state index >= 15 is 0 Å². The zero-order chi connectivity index (χ0) is 23.3. The maximum absolute atomic E-state index is 12.6. The number of nitrogens with zero attached hydrogens (tertiary/aromatic N) is 6. The first-order chi connectivity index (χ1) is 16.7. The van der Waals surface area contributed by atoms with Crippen molar-refractivity contribution in [3.63, 3.8) is 0 Å². The molecule has 0 spiro atoms. The van der Waals surface area contributed by atoms with E-state index in [-0.39, 0.29) is 5.91 Å². The molecule has 9 heteroatoms. The number of nitrogens with one attached hydrogen (secondary N) is 1. The predicted octanol–water partition coefficient (Wildman–Crippen LogP) is 3.37. The normalized spacial score (nSPS) is 13.8. The highest BCUT2D eigenvalue weighted by Gasteiger charge is 2.20. The first kappa shape index (κ1) is 22.0. The highest BCUT2D eigenvalue weighted by atomic mass is 35.5. The SMILES string of the molecule is O=C(NCCc1ccccc1Cl)c1ccc2nc(N3CCN(c4ncccn4)CC3)ccc2n1. The van der Waals surface area contributed by atoms with Crippen LogP contribution in [0.5, 0.6) is 0 Å². The molecule has 0 saturated carbocycles. The van der Waals surface area contributed by atoms with E-state index in [1.807, 2.05) is 48.5 Å². The summed E-state index contributed by atoms with van der Waals surface area (Å²) in [7, 11) is 0. The zero-order valence-corrected chi connectivity index (χ0v) is 19.3. The van der Waals surface area contributed by atoms with E-state index in [0.717, 1.165) is 49.0 Å². The molecule has 172 valence electrons. The summed E-state index contributed by atoms with van der Waals surface area (Å²) in [5.41, 5.74) is 2.83. The van der Waals surface area contributed by atoms with Gasteiger partial charge in [-0.15, -0.1) is 0 Å². The first-order valence-electron chi connectivity index (χ1n) is 11.2. The number of amides is 1. The van der Waals surface area contributed by atoms with Crippen LogP contribution in [-0.4, -0.2) is 58.6 Å². The molecular formula is C25H24ClN7O. The summed E-state index contributed by atoms with van der Waals surface area (Å²) >= 11 is 6.18. The van der Waals surface area contributed by atoms with Gasteiger partial charge in [0.1, 0.15) is 11.5 Å².